The molecule has 3 N–H and O–H groups in total. The minimum atomic E-state index is -3.16. The molecule has 2 aliphatic heterocycles. The van der Waals surface area contributed by atoms with Crippen LogP contribution in [0.1, 0.15) is 66.2 Å². The van der Waals surface area contributed by atoms with Gasteiger partial charge in [0, 0.05) is 42.1 Å². The van der Waals surface area contributed by atoms with Crippen LogP contribution in [0, 0.1) is 0 Å². The van der Waals surface area contributed by atoms with Gasteiger partial charge in [-0.25, -0.2) is 12.7 Å². The van der Waals surface area contributed by atoms with Crippen LogP contribution in [-0.4, -0.2) is 59.9 Å². The third kappa shape index (κ3) is 4.79. The molecule has 1 amide bonds. The molecule has 0 unspecified atom stereocenters. The lowest BCUT2D eigenvalue weighted by atomic mass is 9.88. The number of thiophene rings is 1. The molecule has 2 aliphatic rings. The number of fused-ring (bicyclic) bond motifs is 1. The number of rotatable bonds is 7. The number of nitrogens with zero attached hydrogens (tertiary/aromatic N) is 2. The minimum Gasteiger partial charge on any atom is -0.366 e. The zero-order valence-electron chi connectivity index (χ0n) is 20.4. The van der Waals surface area contributed by atoms with Crippen LogP contribution in [0.15, 0.2) is 29.8 Å². The smallest absolute Gasteiger partial charge is 0.250 e. The largest absolute Gasteiger partial charge is 0.366 e. The SMILES string of the molecule is CCS(=O)(=O)N1CCC(c2c[nH]c3c(C(N)=O)cc(-c4csc(CN5CCC[C@@H]5C)c4)cc23)CC1. The van der Waals surface area contributed by atoms with Crippen molar-refractivity contribution in [1.29, 1.82) is 0 Å². The van der Waals surface area contributed by atoms with Gasteiger partial charge in [0.05, 0.1) is 16.8 Å². The highest BCUT2D eigenvalue weighted by atomic mass is 32.2. The average molecular weight is 515 g/mol. The molecule has 0 bridgehead atoms. The summed E-state index contributed by atoms with van der Waals surface area (Å²) in [5.41, 5.74) is 10.3. The number of carbonyl (C=O) groups is 1. The van der Waals surface area contributed by atoms with Crippen molar-refractivity contribution in [3.05, 3.63) is 45.8 Å². The topological polar surface area (TPSA) is 99.5 Å². The lowest BCUT2D eigenvalue weighted by Gasteiger charge is -2.31. The van der Waals surface area contributed by atoms with Gasteiger partial charge in [-0.05, 0) is 92.3 Å². The van der Waals surface area contributed by atoms with Crippen molar-refractivity contribution in [3.63, 3.8) is 0 Å². The Balaban J connectivity index is 1.45. The van der Waals surface area contributed by atoms with Crippen LogP contribution >= 0.6 is 11.3 Å². The lowest BCUT2D eigenvalue weighted by Crippen LogP contribution is -2.38. The highest BCUT2D eigenvalue weighted by Gasteiger charge is 2.29. The maximum Gasteiger partial charge on any atom is 0.250 e. The summed E-state index contributed by atoms with van der Waals surface area (Å²) in [5, 5.41) is 3.18. The molecule has 2 saturated heterocycles. The van der Waals surface area contributed by atoms with E-state index in [0.717, 1.165) is 53.5 Å². The number of hydrogen-bond acceptors (Lipinski definition) is 5. The molecule has 0 radical (unpaired) electrons. The van der Waals surface area contributed by atoms with Gasteiger partial charge < -0.3 is 10.7 Å². The number of benzene rings is 1. The van der Waals surface area contributed by atoms with Crippen molar-refractivity contribution in [2.45, 2.75) is 58.0 Å². The molecule has 3 aromatic rings. The monoisotopic (exact) mass is 514 g/mol. The van der Waals surface area contributed by atoms with E-state index in [4.69, 9.17) is 5.73 Å². The van der Waals surface area contributed by atoms with E-state index in [1.807, 2.05) is 12.3 Å². The van der Waals surface area contributed by atoms with Crippen molar-refractivity contribution in [2.75, 3.05) is 25.4 Å². The van der Waals surface area contributed by atoms with Crippen LogP contribution in [0.4, 0.5) is 0 Å². The molecule has 0 aliphatic carbocycles. The molecule has 0 saturated carbocycles. The lowest BCUT2D eigenvalue weighted by molar-refractivity contribution is 0.100. The molecule has 4 heterocycles. The van der Waals surface area contributed by atoms with Crippen molar-refractivity contribution in [2.24, 2.45) is 5.73 Å². The molecule has 7 nitrogen and oxygen atoms in total. The minimum absolute atomic E-state index is 0.134. The maximum atomic E-state index is 12.4. The van der Waals surface area contributed by atoms with E-state index in [1.54, 1.807) is 22.6 Å². The highest BCUT2D eigenvalue weighted by Crippen LogP contribution is 2.38. The van der Waals surface area contributed by atoms with Gasteiger partial charge >= 0.3 is 0 Å². The zero-order chi connectivity index (χ0) is 24.7. The van der Waals surface area contributed by atoms with E-state index in [-0.39, 0.29) is 11.7 Å². The third-order valence-corrected chi connectivity index (χ3v) is 10.6. The fraction of sp³-hybridized carbons (Fsp3) is 0.500. The van der Waals surface area contributed by atoms with Crippen molar-refractivity contribution < 1.29 is 13.2 Å². The second-order valence-electron chi connectivity index (χ2n) is 9.89. The fourth-order valence-electron chi connectivity index (χ4n) is 5.62. The van der Waals surface area contributed by atoms with Gasteiger partial charge in [-0.2, -0.15) is 0 Å². The number of likely N-dealkylation sites (tertiary alicyclic amines) is 1. The second-order valence-corrected chi connectivity index (χ2v) is 13.1. The molecule has 35 heavy (non-hydrogen) atoms. The normalized spacial score (nSPS) is 20.7. The number of carbonyl (C=O) groups excluding carboxylic acids is 1. The van der Waals surface area contributed by atoms with Crippen LogP contribution in [0.25, 0.3) is 22.0 Å². The van der Waals surface area contributed by atoms with E-state index in [1.165, 1.54) is 17.7 Å². The van der Waals surface area contributed by atoms with Crippen LogP contribution in [0.3, 0.4) is 0 Å². The summed E-state index contributed by atoms with van der Waals surface area (Å²) in [4.78, 5) is 19.5. The number of hydrogen-bond donors (Lipinski definition) is 2. The molecule has 9 heteroatoms. The number of amides is 1. The standard InChI is InChI=1S/C26H34N4O3S2/c1-3-35(32,33)30-9-6-18(7-10-30)24-14-28-25-22(24)12-19(13-23(25)26(27)31)20-11-21(34-16-20)15-29-8-4-5-17(29)2/h11-14,16-18,28H,3-10,15H2,1-2H3,(H2,27,31)/t17-/m0/s1. The predicted octanol–water partition coefficient (Wildman–Crippen LogP) is 4.51. The number of aromatic amines is 1. The number of nitrogens with one attached hydrogen (secondary N) is 1. The van der Waals surface area contributed by atoms with E-state index < -0.39 is 15.9 Å². The summed E-state index contributed by atoms with van der Waals surface area (Å²) in [7, 11) is -3.16. The quantitative estimate of drug-likeness (QED) is 0.485. The first-order valence-corrected chi connectivity index (χ1v) is 15.0. The first kappa shape index (κ1) is 24.5. The Labute approximate surface area is 211 Å². The predicted molar refractivity (Wildman–Crippen MR) is 142 cm³/mol. The molecule has 2 fully saturated rings. The first-order valence-electron chi connectivity index (χ1n) is 12.5. The van der Waals surface area contributed by atoms with Crippen LogP contribution < -0.4 is 5.73 Å². The number of H-pyrrole nitrogens is 1. The van der Waals surface area contributed by atoms with E-state index in [9.17, 15) is 13.2 Å². The van der Waals surface area contributed by atoms with Crippen molar-refractivity contribution >= 4 is 38.2 Å². The van der Waals surface area contributed by atoms with Crippen molar-refractivity contribution in [1.82, 2.24) is 14.2 Å². The van der Waals surface area contributed by atoms with Gasteiger partial charge in [-0.15, -0.1) is 11.3 Å². The van der Waals surface area contributed by atoms with E-state index in [0.29, 0.717) is 24.7 Å². The molecular weight excluding hydrogens is 480 g/mol. The fourth-order valence-corrected chi connectivity index (χ4v) is 7.67. The molecule has 1 atom stereocenters. The Hall–Kier alpha value is -2.20. The molecule has 0 spiro atoms. The number of sulfonamides is 1. The zero-order valence-corrected chi connectivity index (χ0v) is 22.1. The summed E-state index contributed by atoms with van der Waals surface area (Å²) >= 11 is 1.76. The Kier molecular flexibility index (Phi) is 6.78. The van der Waals surface area contributed by atoms with Crippen LogP contribution in [0.2, 0.25) is 0 Å². The third-order valence-electron chi connectivity index (χ3n) is 7.78. The summed E-state index contributed by atoms with van der Waals surface area (Å²) in [6.07, 6.45) is 6.02. The maximum absolute atomic E-state index is 12.4. The second kappa shape index (κ2) is 9.69. The highest BCUT2D eigenvalue weighted by molar-refractivity contribution is 7.89. The summed E-state index contributed by atoms with van der Waals surface area (Å²) < 4.78 is 26.2. The van der Waals surface area contributed by atoms with Gasteiger partial charge in [-0.1, -0.05) is 0 Å². The molecular formula is C26H34N4O3S2. The molecule has 188 valence electrons. The van der Waals surface area contributed by atoms with Gasteiger partial charge in [0.1, 0.15) is 0 Å². The van der Waals surface area contributed by atoms with Crippen LogP contribution in [0.5, 0.6) is 0 Å². The number of aromatic nitrogens is 1. The van der Waals surface area contributed by atoms with Crippen LogP contribution in [-0.2, 0) is 16.6 Å². The van der Waals surface area contributed by atoms with Gasteiger partial charge in [0.25, 0.3) is 5.91 Å². The Morgan fingerprint density at radius 2 is 1.91 bits per heavy atom. The number of primary amides is 1. The Bertz CT molecular complexity index is 1340. The van der Waals surface area contributed by atoms with E-state index in [2.05, 4.69) is 34.3 Å². The summed E-state index contributed by atoms with van der Waals surface area (Å²) in [6.45, 7) is 7.15. The first-order chi connectivity index (χ1) is 16.8. The Morgan fingerprint density at radius 1 is 1.14 bits per heavy atom. The van der Waals surface area contributed by atoms with E-state index >= 15 is 0 Å². The summed E-state index contributed by atoms with van der Waals surface area (Å²) in [5.74, 6) is -0.0803. The van der Waals surface area contributed by atoms with Gasteiger partial charge in [0.15, 0.2) is 0 Å². The van der Waals surface area contributed by atoms with Crippen molar-refractivity contribution in [3.8, 4) is 11.1 Å². The Morgan fingerprint density at radius 3 is 2.57 bits per heavy atom. The van der Waals surface area contributed by atoms with Gasteiger partial charge in [-0.3, -0.25) is 9.69 Å². The summed E-state index contributed by atoms with van der Waals surface area (Å²) in [6, 6.07) is 6.92. The number of nitrogens with two attached hydrogens (primary N) is 1. The average Bonchev–Trinajstić information content (AvgIpc) is 3.59. The molecule has 1 aromatic carbocycles. The molecule has 2 aromatic heterocycles. The molecule has 5 rings (SSSR count). The number of piperidine rings is 1. The van der Waals surface area contributed by atoms with Gasteiger partial charge in [0.2, 0.25) is 10.0 Å².